The minimum Gasteiger partial charge on any atom is -0.368 e. The molecule has 7 nitrogen and oxygen atoms in total. The number of hydrogen-bond acceptors (Lipinski definition) is 6. The van der Waals surface area contributed by atoms with Crippen molar-refractivity contribution < 1.29 is 4.79 Å². The Bertz CT molecular complexity index is 1180. The SMILES string of the molecule is CC(C)[C@@H](NC(=O)c1cc(-c2cnc(N)nc2)nc2ccccc12)c1cccnc1. The van der Waals surface area contributed by atoms with Gasteiger partial charge in [-0.2, -0.15) is 0 Å². The highest BCUT2D eigenvalue weighted by Gasteiger charge is 2.21. The summed E-state index contributed by atoms with van der Waals surface area (Å²) in [4.78, 5) is 30.3. The molecule has 0 aliphatic heterocycles. The fourth-order valence-electron chi connectivity index (χ4n) is 3.40. The van der Waals surface area contributed by atoms with Crippen molar-refractivity contribution in [3.05, 3.63) is 78.4 Å². The Labute approximate surface area is 174 Å². The van der Waals surface area contributed by atoms with Gasteiger partial charge in [-0.15, -0.1) is 0 Å². The Morgan fingerprint density at radius 3 is 2.50 bits per heavy atom. The van der Waals surface area contributed by atoms with Crippen molar-refractivity contribution in [1.82, 2.24) is 25.3 Å². The molecule has 1 amide bonds. The number of nitrogens with zero attached hydrogens (tertiary/aromatic N) is 4. The van der Waals surface area contributed by atoms with E-state index in [1.54, 1.807) is 30.9 Å². The summed E-state index contributed by atoms with van der Waals surface area (Å²) in [5.41, 5.74) is 9.13. The number of nitrogens with two attached hydrogens (primary N) is 1. The summed E-state index contributed by atoms with van der Waals surface area (Å²) in [5, 5.41) is 3.95. The van der Waals surface area contributed by atoms with Crippen LogP contribution in [0.5, 0.6) is 0 Å². The molecule has 30 heavy (non-hydrogen) atoms. The lowest BCUT2D eigenvalue weighted by atomic mass is 9.96. The monoisotopic (exact) mass is 398 g/mol. The standard InChI is InChI=1S/C23H22N6O/c1-14(2)21(15-6-5-9-25-11-15)29-22(30)18-10-20(16-12-26-23(24)27-13-16)28-19-8-4-3-7-17(18)19/h3-14,21H,1-2H3,(H,29,30)(H2,24,26,27)/t21-/m1/s1. The summed E-state index contributed by atoms with van der Waals surface area (Å²) in [6, 6.07) is 13.0. The number of pyridine rings is 2. The fraction of sp³-hybridized carbons (Fsp3) is 0.174. The van der Waals surface area contributed by atoms with Gasteiger partial charge < -0.3 is 11.1 Å². The molecule has 1 aromatic carbocycles. The number of carbonyl (C=O) groups excluding carboxylic acids is 1. The topological polar surface area (TPSA) is 107 Å². The number of fused-ring (bicyclic) bond motifs is 1. The lowest BCUT2D eigenvalue weighted by Gasteiger charge is -2.23. The third-order valence-electron chi connectivity index (χ3n) is 4.93. The number of carbonyl (C=O) groups is 1. The Kier molecular flexibility index (Phi) is 5.34. The summed E-state index contributed by atoms with van der Waals surface area (Å²) in [6.45, 7) is 4.14. The molecule has 4 rings (SSSR count). The molecule has 0 saturated heterocycles. The number of rotatable bonds is 5. The number of para-hydroxylation sites is 1. The largest absolute Gasteiger partial charge is 0.368 e. The highest BCUT2D eigenvalue weighted by molar-refractivity contribution is 6.07. The van der Waals surface area contributed by atoms with E-state index in [4.69, 9.17) is 5.73 Å². The second kappa shape index (κ2) is 8.24. The van der Waals surface area contributed by atoms with Crippen LogP contribution < -0.4 is 11.1 Å². The van der Waals surface area contributed by atoms with Gasteiger partial charge in [-0.1, -0.05) is 38.1 Å². The van der Waals surface area contributed by atoms with Crippen LogP contribution in [0.4, 0.5) is 5.95 Å². The third-order valence-corrected chi connectivity index (χ3v) is 4.93. The zero-order valence-corrected chi connectivity index (χ0v) is 16.8. The molecule has 7 heteroatoms. The summed E-state index contributed by atoms with van der Waals surface area (Å²) in [7, 11) is 0. The maximum absolute atomic E-state index is 13.4. The average molecular weight is 398 g/mol. The Morgan fingerprint density at radius 2 is 1.80 bits per heavy atom. The lowest BCUT2D eigenvalue weighted by molar-refractivity contribution is 0.0927. The molecule has 0 bridgehead atoms. The maximum Gasteiger partial charge on any atom is 0.252 e. The number of nitrogens with one attached hydrogen (secondary N) is 1. The molecule has 3 N–H and O–H groups in total. The first-order valence-corrected chi connectivity index (χ1v) is 9.71. The van der Waals surface area contributed by atoms with Crippen LogP contribution in [0, 0.1) is 5.92 Å². The number of amides is 1. The summed E-state index contributed by atoms with van der Waals surface area (Å²) in [6.07, 6.45) is 6.72. The summed E-state index contributed by atoms with van der Waals surface area (Å²) >= 11 is 0. The van der Waals surface area contributed by atoms with Gasteiger partial charge >= 0.3 is 0 Å². The molecule has 150 valence electrons. The zero-order valence-electron chi connectivity index (χ0n) is 16.8. The van der Waals surface area contributed by atoms with Crippen LogP contribution in [0.15, 0.2) is 67.3 Å². The smallest absolute Gasteiger partial charge is 0.252 e. The first-order chi connectivity index (χ1) is 14.5. The Balaban J connectivity index is 1.76. The van der Waals surface area contributed by atoms with E-state index >= 15 is 0 Å². The quantitative estimate of drug-likeness (QED) is 0.530. The fourth-order valence-corrected chi connectivity index (χ4v) is 3.40. The van der Waals surface area contributed by atoms with Gasteiger partial charge in [0.1, 0.15) is 0 Å². The van der Waals surface area contributed by atoms with Gasteiger partial charge in [0.25, 0.3) is 5.91 Å². The highest BCUT2D eigenvalue weighted by atomic mass is 16.1. The van der Waals surface area contributed by atoms with Gasteiger partial charge in [0.05, 0.1) is 22.8 Å². The van der Waals surface area contributed by atoms with Crippen molar-refractivity contribution in [2.75, 3.05) is 5.73 Å². The Morgan fingerprint density at radius 1 is 1.03 bits per heavy atom. The van der Waals surface area contributed by atoms with Crippen molar-refractivity contribution in [3.63, 3.8) is 0 Å². The van der Waals surface area contributed by atoms with Gasteiger partial charge in [-0.05, 0) is 29.7 Å². The molecule has 0 fully saturated rings. The molecule has 0 aliphatic carbocycles. The van der Waals surface area contributed by atoms with Crippen molar-refractivity contribution in [2.45, 2.75) is 19.9 Å². The van der Waals surface area contributed by atoms with Gasteiger partial charge in [-0.25, -0.2) is 15.0 Å². The summed E-state index contributed by atoms with van der Waals surface area (Å²) in [5.74, 6) is 0.207. The molecular weight excluding hydrogens is 376 g/mol. The van der Waals surface area contributed by atoms with Crippen LogP contribution in [0.1, 0.15) is 35.8 Å². The van der Waals surface area contributed by atoms with Crippen LogP contribution >= 0.6 is 0 Å². The highest BCUT2D eigenvalue weighted by Crippen LogP contribution is 2.26. The van der Waals surface area contributed by atoms with E-state index < -0.39 is 0 Å². The van der Waals surface area contributed by atoms with E-state index in [0.717, 1.165) is 16.5 Å². The minimum absolute atomic E-state index is 0.165. The van der Waals surface area contributed by atoms with Crippen molar-refractivity contribution in [2.24, 2.45) is 5.92 Å². The average Bonchev–Trinajstić information content (AvgIpc) is 2.77. The number of hydrogen-bond donors (Lipinski definition) is 2. The molecule has 0 saturated carbocycles. The summed E-state index contributed by atoms with van der Waals surface area (Å²) < 4.78 is 0. The minimum atomic E-state index is -0.172. The normalized spacial score (nSPS) is 12.1. The molecule has 4 aromatic rings. The van der Waals surface area contributed by atoms with Crippen molar-refractivity contribution >= 4 is 22.8 Å². The maximum atomic E-state index is 13.4. The van der Waals surface area contributed by atoms with Crippen LogP contribution in [-0.2, 0) is 0 Å². The van der Waals surface area contributed by atoms with E-state index in [1.165, 1.54) is 0 Å². The molecule has 3 heterocycles. The van der Waals surface area contributed by atoms with E-state index in [-0.39, 0.29) is 23.8 Å². The molecule has 0 unspecified atom stereocenters. The molecule has 0 aliphatic rings. The van der Waals surface area contributed by atoms with Crippen molar-refractivity contribution in [1.29, 1.82) is 0 Å². The van der Waals surface area contributed by atoms with Gasteiger partial charge in [0.15, 0.2) is 0 Å². The number of benzene rings is 1. The second-order valence-electron chi connectivity index (χ2n) is 7.38. The lowest BCUT2D eigenvalue weighted by Crippen LogP contribution is -2.32. The van der Waals surface area contributed by atoms with E-state index in [9.17, 15) is 4.79 Å². The van der Waals surface area contributed by atoms with E-state index in [2.05, 4.69) is 39.1 Å². The molecule has 0 radical (unpaired) electrons. The van der Waals surface area contributed by atoms with E-state index in [0.29, 0.717) is 16.8 Å². The predicted molar refractivity (Wildman–Crippen MR) is 116 cm³/mol. The number of anilines is 1. The molecule has 3 aromatic heterocycles. The van der Waals surface area contributed by atoms with Gasteiger partial charge in [0.2, 0.25) is 5.95 Å². The first-order valence-electron chi connectivity index (χ1n) is 9.71. The van der Waals surface area contributed by atoms with Gasteiger partial charge in [-0.3, -0.25) is 9.78 Å². The number of nitrogen functional groups attached to an aromatic ring is 1. The van der Waals surface area contributed by atoms with Gasteiger partial charge in [0, 0.05) is 35.7 Å². The third kappa shape index (κ3) is 3.96. The first kappa shape index (κ1) is 19.4. The van der Waals surface area contributed by atoms with Crippen LogP contribution in [0.3, 0.4) is 0 Å². The molecule has 0 spiro atoms. The zero-order chi connectivity index (χ0) is 21.1. The number of aromatic nitrogens is 4. The predicted octanol–water partition coefficient (Wildman–Crippen LogP) is 3.80. The van der Waals surface area contributed by atoms with Crippen LogP contribution in [0.25, 0.3) is 22.2 Å². The second-order valence-corrected chi connectivity index (χ2v) is 7.38. The van der Waals surface area contributed by atoms with Crippen molar-refractivity contribution in [3.8, 4) is 11.3 Å². The molecular formula is C23H22N6O. The van der Waals surface area contributed by atoms with Crippen LogP contribution in [0.2, 0.25) is 0 Å². The molecule has 1 atom stereocenters. The van der Waals surface area contributed by atoms with E-state index in [1.807, 2.05) is 36.4 Å². The van der Waals surface area contributed by atoms with Crippen LogP contribution in [-0.4, -0.2) is 25.8 Å². The Hall–Kier alpha value is -3.87.